The molecule has 0 amide bonds. The van der Waals surface area contributed by atoms with E-state index >= 15 is 0 Å². The number of rotatable bonds is 4. The van der Waals surface area contributed by atoms with Crippen LogP contribution in [0.3, 0.4) is 0 Å². The Balaban J connectivity index is 0.000000289. The van der Waals surface area contributed by atoms with E-state index in [1.165, 1.54) is 5.56 Å². The molecule has 2 rings (SSSR count). The van der Waals surface area contributed by atoms with Gasteiger partial charge in [0, 0.05) is 5.56 Å². The highest BCUT2D eigenvalue weighted by Gasteiger charge is 2.31. The minimum atomic E-state index is -5.40. The molecule has 0 aliphatic carbocycles. The van der Waals surface area contributed by atoms with Gasteiger partial charge in [-0.3, -0.25) is 4.55 Å². The Bertz CT molecular complexity index is 895. The molecule has 0 spiro atoms. The van der Waals surface area contributed by atoms with Crippen molar-refractivity contribution in [3.8, 4) is 0 Å². The Morgan fingerprint density at radius 2 is 1.41 bits per heavy atom. The van der Waals surface area contributed by atoms with Crippen molar-refractivity contribution in [1.82, 2.24) is 0 Å². The van der Waals surface area contributed by atoms with Crippen molar-refractivity contribution in [1.29, 1.82) is 0 Å². The first-order chi connectivity index (χ1) is 12.3. The van der Waals surface area contributed by atoms with Gasteiger partial charge in [0.15, 0.2) is 28.2 Å². The van der Waals surface area contributed by atoms with Gasteiger partial charge in [0.2, 0.25) is 0 Å². The third-order valence-corrected chi connectivity index (χ3v) is 4.09. The Labute approximate surface area is 155 Å². The van der Waals surface area contributed by atoms with Crippen LogP contribution in [0.15, 0.2) is 41.8 Å². The van der Waals surface area contributed by atoms with Crippen LogP contribution in [0.5, 0.6) is 0 Å². The van der Waals surface area contributed by atoms with Crippen LogP contribution in [0.25, 0.3) is 6.08 Å². The molecule has 0 bridgehead atoms. The van der Waals surface area contributed by atoms with E-state index in [-0.39, 0.29) is 0 Å². The van der Waals surface area contributed by atoms with E-state index in [4.69, 9.17) is 4.55 Å². The molecule has 2 aromatic carbocycles. The van der Waals surface area contributed by atoms with Crippen molar-refractivity contribution >= 4 is 16.2 Å². The van der Waals surface area contributed by atoms with Crippen LogP contribution in [0.2, 0.25) is 0 Å². The first-order valence-electron chi connectivity index (χ1n) is 7.59. The standard InChI is InChI=1S/C10H16N.C8H4F4O3S/c1-11(2,3)9-10-7-5-4-6-8-10;1-2-3-4(9)6(11)8(16(13,14)15)7(12)5(3)10/h4-8H,9H2,1-3H3;2H,1H2,(H,13,14,15)/q+1;. The summed E-state index contributed by atoms with van der Waals surface area (Å²) >= 11 is 0. The fourth-order valence-electron chi connectivity index (χ4n) is 2.17. The second-order valence-electron chi connectivity index (χ2n) is 6.61. The van der Waals surface area contributed by atoms with Gasteiger partial charge in [-0.1, -0.05) is 43.0 Å². The molecule has 9 heteroatoms. The maximum absolute atomic E-state index is 13.0. The Morgan fingerprint density at radius 1 is 0.963 bits per heavy atom. The second kappa shape index (κ2) is 8.64. The maximum atomic E-state index is 13.0. The average molecular weight is 406 g/mol. The summed E-state index contributed by atoms with van der Waals surface area (Å²) in [6.07, 6.45) is 0.477. The molecule has 0 saturated carbocycles. The number of halogens is 4. The Kier molecular flexibility index (Phi) is 7.30. The average Bonchev–Trinajstić information content (AvgIpc) is 2.52. The van der Waals surface area contributed by atoms with Gasteiger partial charge in [-0.15, -0.1) is 0 Å². The van der Waals surface area contributed by atoms with Crippen molar-refractivity contribution in [2.24, 2.45) is 0 Å². The summed E-state index contributed by atoms with van der Waals surface area (Å²) in [5.74, 6) is -8.28. The summed E-state index contributed by atoms with van der Waals surface area (Å²) in [6.45, 7) is 4.00. The molecule has 27 heavy (non-hydrogen) atoms. The molecule has 0 atom stereocenters. The lowest BCUT2D eigenvalue weighted by Gasteiger charge is -2.23. The van der Waals surface area contributed by atoms with Gasteiger partial charge in [-0.2, -0.15) is 8.42 Å². The van der Waals surface area contributed by atoms with E-state index in [1.807, 2.05) is 0 Å². The third kappa shape index (κ3) is 6.16. The van der Waals surface area contributed by atoms with Gasteiger partial charge in [0.1, 0.15) is 6.54 Å². The van der Waals surface area contributed by atoms with Crippen LogP contribution in [0.4, 0.5) is 17.6 Å². The number of hydrogen-bond acceptors (Lipinski definition) is 2. The first kappa shape index (κ1) is 22.8. The zero-order valence-corrected chi connectivity index (χ0v) is 15.8. The predicted molar refractivity (Wildman–Crippen MR) is 94.4 cm³/mol. The Morgan fingerprint density at radius 3 is 1.74 bits per heavy atom. The van der Waals surface area contributed by atoms with E-state index in [0.717, 1.165) is 11.0 Å². The second-order valence-corrected chi connectivity index (χ2v) is 7.97. The molecule has 2 aromatic rings. The zero-order chi connectivity index (χ0) is 21.0. The highest BCUT2D eigenvalue weighted by molar-refractivity contribution is 7.85. The molecule has 0 fully saturated rings. The summed E-state index contributed by atoms with van der Waals surface area (Å²) in [7, 11) is 1.21. The van der Waals surface area contributed by atoms with Crippen LogP contribution in [-0.2, 0) is 16.7 Å². The van der Waals surface area contributed by atoms with E-state index in [1.54, 1.807) is 0 Å². The van der Waals surface area contributed by atoms with Crippen molar-refractivity contribution in [3.63, 3.8) is 0 Å². The Hall–Kier alpha value is -2.23. The molecule has 0 saturated heterocycles. The van der Waals surface area contributed by atoms with Gasteiger partial charge in [-0.05, 0) is 0 Å². The molecule has 0 radical (unpaired) electrons. The summed E-state index contributed by atoms with van der Waals surface area (Å²) in [5, 5.41) is 0. The molecule has 0 heterocycles. The van der Waals surface area contributed by atoms with Gasteiger partial charge in [0.25, 0.3) is 0 Å². The quantitative estimate of drug-likeness (QED) is 0.361. The molecule has 0 aliphatic heterocycles. The lowest BCUT2D eigenvalue weighted by Crippen LogP contribution is -2.33. The fraction of sp³-hybridized carbons (Fsp3) is 0.222. The van der Waals surface area contributed by atoms with Crippen LogP contribution in [0, 0.1) is 23.3 Å². The predicted octanol–water partition coefficient (Wildman–Crippen LogP) is 4.03. The van der Waals surface area contributed by atoms with Crippen molar-refractivity contribution in [2.45, 2.75) is 11.4 Å². The number of nitrogens with zero attached hydrogens (tertiary/aromatic N) is 1. The van der Waals surface area contributed by atoms with Crippen LogP contribution in [-0.4, -0.2) is 38.6 Å². The normalized spacial score (nSPS) is 11.6. The summed E-state index contributed by atoms with van der Waals surface area (Å²) in [6, 6.07) is 10.6. The van der Waals surface area contributed by atoms with Crippen LogP contribution < -0.4 is 0 Å². The first-order valence-corrected chi connectivity index (χ1v) is 9.04. The van der Waals surface area contributed by atoms with Crippen molar-refractivity contribution in [3.05, 3.63) is 71.3 Å². The largest absolute Gasteiger partial charge is 0.327 e. The van der Waals surface area contributed by atoms with Crippen LogP contribution in [0.1, 0.15) is 11.1 Å². The van der Waals surface area contributed by atoms with E-state index in [2.05, 4.69) is 58.1 Å². The van der Waals surface area contributed by atoms with Crippen molar-refractivity contribution < 1.29 is 35.0 Å². The van der Waals surface area contributed by atoms with E-state index in [9.17, 15) is 26.0 Å². The minimum Gasteiger partial charge on any atom is -0.327 e. The minimum absolute atomic E-state index is 0.477. The fourth-order valence-corrected chi connectivity index (χ4v) is 2.80. The molecule has 0 aliphatic rings. The molecular formula is C18H20F4NO3S+. The topological polar surface area (TPSA) is 54.4 Å². The zero-order valence-electron chi connectivity index (χ0n) is 15.0. The monoisotopic (exact) mass is 406 g/mol. The molecule has 4 nitrogen and oxygen atoms in total. The lowest BCUT2D eigenvalue weighted by atomic mass is 10.2. The maximum Gasteiger partial charge on any atom is 0.300 e. The van der Waals surface area contributed by atoms with Gasteiger partial charge < -0.3 is 4.48 Å². The van der Waals surface area contributed by atoms with Crippen LogP contribution >= 0.6 is 0 Å². The third-order valence-electron chi connectivity index (χ3n) is 3.22. The smallest absolute Gasteiger partial charge is 0.300 e. The molecular weight excluding hydrogens is 386 g/mol. The van der Waals surface area contributed by atoms with Gasteiger partial charge in [-0.25, -0.2) is 17.6 Å². The van der Waals surface area contributed by atoms with Gasteiger partial charge >= 0.3 is 10.1 Å². The summed E-state index contributed by atoms with van der Waals surface area (Å²) in [5.41, 5.74) is 0.252. The highest BCUT2D eigenvalue weighted by Crippen LogP contribution is 2.27. The molecule has 148 valence electrons. The van der Waals surface area contributed by atoms with Crippen molar-refractivity contribution in [2.75, 3.05) is 21.1 Å². The summed E-state index contributed by atoms with van der Waals surface area (Å²) < 4.78 is 82.4. The number of hydrogen-bond donors (Lipinski definition) is 1. The van der Waals surface area contributed by atoms with Gasteiger partial charge in [0.05, 0.1) is 26.7 Å². The highest BCUT2D eigenvalue weighted by atomic mass is 32.2. The van der Waals surface area contributed by atoms with E-state index < -0.39 is 43.8 Å². The SMILES string of the molecule is C=Cc1c(F)c(F)c(S(=O)(=O)O)c(F)c1F.C[N+](C)(C)Cc1ccccc1. The molecule has 0 aromatic heterocycles. The number of benzene rings is 2. The summed E-state index contributed by atoms with van der Waals surface area (Å²) in [4.78, 5) is -2.06. The lowest BCUT2D eigenvalue weighted by molar-refractivity contribution is -0.884. The molecule has 0 unspecified atom stereocenters. The van der Waals surface area contributed by atoms with E-state index in [0.29, 0.717) is 6.08 Å². The number of quaternary nitrogens is 1. The molecule has 1 N–H and O–H groups in total.